The molecule has 1 N–H and O–H groups in total. The zero-order valence-corrected chi connectivity index (χ0v) is 12.2. The molecule has 0 aliphatic heterocycles. The Morgan fingerprint density at radius 3 is 3.00 bits per heavy atom. The van der Waals surface area contributed by atoms with Gasteiger partial charge in [0, 0.05) is 19.0 Å². The number of aromatic nitrogens is 3. The van der Waals surface area contributed by atoms with Crippen molar-refractivity contribution < 1.29 is 0 Å². The van der Waals surface area contributed by atoms with Crippen molar-refractivity contribution in [2.45, 2.75) is 38.8 Å². The standard InChI is InChI=1S/C16H22N4/c1-3-20-15(18-11-19-20)10-13-9-8-12-6-4-5-7-14(12)16(13)17-2/h4-7,11,13,16-17H,3,8-10H2,1-2H3. The van der Waals surface area contributed by atoms with Crippen LogP contribution in [0.5, 0.6) is 0 Å². The topological polar surface area (TPSA) is 42.7 Å². The molecule has 1 aliphatic carbocycles. The Morgan fingerprint density at radius 1 is 1.35 bits per heavy atom. The van der Waals surface area contributed by atoms with E-state index in [1.807, 2.05) is 4.68 Å². The van der Waals surface area contributed by atoms with E-state index in [1.54, 1.807) is 6.33 Å². The van der Waals surface area contributed by atoms with Crippen molar-refractivity contribution in [3.63, 3.8) is 0 Å². The molecule has 0 saturated heterocycles. The van der Waals surface area contributed by atoms with Crippen LogP contribution in [0.3, 0.4) is 0 Å². The van der Waals surface area contributed by atoms with Crippen molar-refractivity contribution in [1.29, 1.82) is 0 Å². The molecule has 2 aromatic rings. The summed E-state index contributed by atoms with van der Waals surface area (Å²) in [5.41, 5.74) is 2.94. The van der Waals surface area contributed by atoms with E-state index in [-0.39, 0.29) is 0 Å². The number of fused-ring (bicyclic) bond motifs is 1. The molecule has 1 aliphatic rings. The van der Waals surface area contributed by atoms with Gasteiger partial charge in [-0.15, -0.1) is 0 Å². The summed E-state index contributed by atoms with van der Waals surface area (Å²) < 4.78 is 2.01. The first kappa shape index (κ1) is 13.3. The van der Waals surface area contributed by atoms with Crippen LogP contribution in [0.25, 0.3) is 0 Å². The lowest BCUT2D eigenvalue weighted by atomic mass is 9.78. The average Bonchev–Trinajstić information content (AvgIpc) is 2.94. The molecule has 4 nitrogen and oxygen atoms in total. The van der Waals surface area contributed by atoms with Crippen LogP contribution in [0.15, 0.2) is 30.6 Å². The van der Waals surface area contributed by atoms with Gasteiger partial charge in [0.2, 0.25) is 0 Å². The molecule has 0 saturated carbocycles. The summed E-state index contributed by atoms with van der Waals surface area (Å²) in [4.78, 5) is 4.43. The highest BCUT2D eigenvalue weighted by molar-refractivity contribution is 5.33. The Balaban J connectivity index is 1.84. The molecule has 1 heterocycles. The summed E-state index contributed by atoms with van der Waals surface area (Å²) in [5, 5.41) is 7.78. The predicted octanol–water partition coefficient (Wildman–Crippen LogP) is 2.36. The smallest absolute Gasteiger partial charge is 0.138 e. The van der Waals surface area contributed by atoms with Gasteiger partial charge in [0.15, 0.2) is 0 Å². The Labute approximate surface area is 120 Å². The summed E-state index contributed by atoms with van der Waals surface area (Å²) in [6.45, 7) is 3.01. The lowest BCUT2D eigenvalue weighted by molar-refractivity contribution is 0.325. The third-order valence-corrected chi connectivity index (χ3v) is 4.40. The van der Waals surface area contributed by atoms with Crippen molar-refractivity contribution >= 4 is 0 Å². The number of hydrogen-bond acceptors (Lipinski definition) is 3. The Hall–Kier alpha value is -1.68. The normalized spacial score (nSPS) is 21.7. The number of benzene rings is 1. The fourth-order valence-electron chi connectivity index (χ4n) is 3.38. The molecule has 0 radical (unpaired) electrons. The van der Waals surface area contributed by atoms with Crippen LogP contribution in [0.4, 0.5) is 0 Å². The molecule has 106 valence electrons. The second kappa shape index (κ2) is 5.75. The van der Waals surface area contributed by atoms with Crippen molar-refractivity contribution in [2.75, 3.05) is 7.05 Å². The van der Waals surface area contributed by atoms with Gasteiger partial charge in [-0.2, -0.15) is 5.10 Å². The first-order valence-electron chi connectivity index (χ1n) is 7.45. The minimum absolute atomic E-state index is 0.418. The molecule has 2 unspecified atom stereocenters. The third-order valence-electron chi connectivity index (χ3n) is 4.40. The van der Waals surface area contributed by atoms with Gasteiger partial charge in [-0.3, -0.25) is 4.68 Å². The van der Waals surface area contributed by atoms with Crippen molar-refractivity contribution in [1.82, 2.24) is 20.1 Å². The molecule has 0 amide bonds. The maximum atomic E-state index is 4.43. The summed E-state index contributed by atoms with van der Waals surface area (Å²) in [6.07, 6.45) is 5.04. The van der Waals surface area contributed by atoms with Gasteiger partial charge in [0.05, 0.1) is 0 Å². The molecule has 4 heteroatoms. The Bertz CT molecular complexity index is 575. The number of nitrogens with zero attached hydrogens (tertiary/aromatic N) is 3. The maximum absolute atomic E-state index is 4.43. The summed E-state index contributed by atoms with van der Waals surface area (Å²) in [5.74, 6) is 1.70. The van der Waals surface area contributed by atoms with Crippen LogP contribution in [-0.2, 0) is 19.4 Å². The van der Waals surface area contributed by atoms with Crippen LogP contribution in [0, 0.1) is 5.92 Å². The molecule has 0 bridgehead atoms. The van der Waals surface area contributed by atoms with Crippen LogP contribution in [-0.4, -0.2) is 21.8 Å². The first-order chi connectivity index (χ1) is 9.83. The van der Waals surface area contributed by atoms with E-state index in [0.717, 1.165) is 18.8 Å². The minimum atomic E-state index is 0.418. The summed E-state index contributed by atoms with van der Waals surface area (Å²) >= 11 is 0. The zero-order chi connectivity index (χ0) is 13.9. The van der Waals surface area contributed by atoms with Gasteiger partial charge in [-0.1, -0.05) is 24.3 Å². The van der Waals surface area contributed by atoms with Crippen molar-refractivity contribution in [3.8, 4) is 0 Å². The molecule has 3 rings (SSSR count). The largest absolute Gasteiger partial charge is 0.313 e. The highest BCUT2D eigenvalue weighted by Crippen LogP contribution is 2.35. The number of aryl methyl sites for hydroxylation is 2. The maximum Gasteiger partial charge on any atom is 0.138 e. The van der Waals surface area contributed by atoms with Crippen LogP contribution in [0.1, 0.15) is 36.3 Å². The van der Waals surface area contributed by atoms with Gasteiger partial charge in [0.1, 0.15) is 12.2 Å². The number of rotatable bonds is 4. The van der Waals surface area contributed by atoms with Gasteiger partial charge in [-0.05, 0) is 43.9 Å². The predicted molar refractivity (Wildman–Crippen MR) is 79.5 cm³/mol. The second-order valence-corrected chi connectivity index (χ2v) is 5.46. The lowest BCUT2D eigenvalue weighted by Gasteiger charge is -2.33. The van der Waals surface area contributed by atoms with E-state index < -0.39 is 0 Å². The highest BCUT2D eigenvalue weighted by atomic mass is 15.3. The average molecular weight is 270 g/mol. The Kier molecular flexibility index (Phi) is 3.83. The van der Waals surface area contributed by atoms with Gasteiger partial charge < -0.3 is 5.32 Å². The molecule has 1 aromatic heterocycles. The van der Waals surface area contributed by atoms with Gasteiger partial charge in [-0.25, -0.2) is 4.98 Å². The summed E-state index contributed by atoms with van der Waals surface area (Å²) in [7, 11) is 2.06. The fraction of sp³-hybridized carbons (Fsp3) is 0.500. The van der Waals surface area contributed by atoms with Crippen LogP contribution >= 0.6 is 0 Å². The van der Waals surface area contributed by atoms with E-state index in [4.69, 9.17) is 0 Å². The summed E-state index contributed by atoms with van der Waals surface area (Å²) in [6, 6.07) is 9.21. The van der Waals surface area contributed by atoms with Gasteiger partial charge >= 0.3 is 0 Å². The SMILES string of the molecule is CCn1ncnc1CC1CCc2ccccc2C1NC. The molecular weight excluding hydrogens is 248 g/mol. The van der Waals surface area contributed by atoms with Crippen LogP contribution < -0.4 is 5.32 Å². The number of hydrogen-bond donors (Lipinski definition) is 1. The van der Waals surface area contributed by atoms with E-state index in [9.17, 15) is 0 Å². The van der Waals surface area contributed by atoms with Crippen LogP contribution in [0.2, 0.25) is 0 Å². The fourth-order valence-corrected chi connectivity index (χ4v) is 3.38. The lowest BCUT2D eigenvalue weighted by Crippen LogP contribution is -2.32. The molecule has 0 fully saturated rings. The van der Waals surface area contributed by atoms with E-state index >= 15 is 0 Å². The molecular formula is C16H22N4. The first-order valence-corrected chi connectivity index (χ1v) is 7.45. The monoisotopic (exact) mass is 270 g/mol. The highest BCUT2D eigenvalue weighted by Gasteiger charge is 2.29. The Morgan fingerprint density at radius 2 is 2.20 bits per heavy atom. The van der Waals surface area contributed by atoms with Crippen molar-refractivity contribution in [3.05, 3.63) is 47.5 Å². The molecule has 0 spiro atoms. The molecule has 20 heavy (non-hydrogen) atoms. The zero-order valence-electron chi connectivity index (χ0n) is 12.2. The quantitative estimate of drug-likeness (QED) is 0.927. The molecule has 1 aromatic carbocycles. The number of nitrogens with one attached hydrogen (secondary N) is 1. The minimum Gasteiger partial charge on any atom is -0.313 e. The van der Waals surface area contributed by atoms with Gasteiger partial charge in [0.25, 0.3) is 0 Å². The second-order valence-electron chi connectivity index (χ2n) is 5.46. The van der Waals surface area contributed by atoms with E-state index in [0.29, 0.717) is 12.0 Å². The van der Waals surface area contributed by atoms with E-state index in [2.05, 4.69) is 53.6 Å². The molecule has 2 atom stereocenters. The van der Waals surface area contributed by atoms with E-state index in [1.165, 1.54) is 24.0 Å². The third kappa shape index (κ3) is 2.36. The van der Waals surface area contributed by atoms with Crippen molar-refractivity contribution in [2.24, 2.45) is 5.92 Å².